The van der Waals surface area contributed by atoms with E-state index in [4.69, 9.17) is 0 Å². The van der Waals surface area contributed by atoms with Crippen molar-refractivity contribution in [1.29, 1.82) is 0 Å². The highest BCUT2D eigenvalue weighted by Gasteiger charge is 2.19. The lowest BCUT2D eigenvalue weighted by Gasteiger charge is -2.31. The molecule has 0 spiro atoms. The summed E-state index contributed by atoms with van der Waals surface area (Å²) in [5, 5.41) is 0. The van der Waals surface area contributed by atoms with Gasteiger partial charge in [0.15, 0.2) is 0 Å². The summed E-state index contributed by atoms with van der Waals surface area (Å²) in [4.78, 5) is 14.2. The fraction of sp³-hybridized carbons (Fsp3) is 0.875. The summed E-state index contributed by atoms with van der Waals surface area (Å²) in [7, 11) is 0. The van der Waals surface area contributed by atoms with Crippen molar-refractivity contribution < 1.29 is 4.79 Å². The van der Waals surface area contributed by atoms with Crippen LogP contribution in [0.5, 0.6) is 0 Å². The van der Waals surface area contributed by atoms with Gasteiger partial charge in [-0.15, -0.1) is 0 Å². The lowest BCUT2D eigenvalue weighted by molar-refractivity contribution is -0.131. The maximum absolute atomic E-state index is 12.0. The Bertz CT molecular complexity index is 361. The van der Waals surface area contributed by atoms with Crippen LogP contribution in [0.1, 0.15) is 125 Å². The maximum Gasteiger partial charge on any atom is 0.219 e. The van der Waals surface area contributed by atoms with E-state index in [1.54, 1.807) is 12.5 Å². The molecule has 1 amide bonds. The summed E-state index contributed by atoms with van der Waals surface area (Å²) in [6.07, 6.45) is 20.0. The third-order valence-electron chi connectivity index (χ3n) is 5.31. The van der Waals surface area contributed by atoms with Gasteiger partial charge < -0.3 is 4.90 Å². The van der Waals surface area contributed by atoms with Crippen LogP contribution < -0.4 is 0 Å². The van der Waals surface area contributed by atoms with E-state index >= 15 is 0 Å². The van der Waals surface area contributed by atoms with Crippen molar-refractivity contribution in [1.82, 2.24) is 4.90 Å². The zero-order chi connectivity index (χ0) is 19.6. The molecule has 0 aromatic rings. The molecule has 2 heteroatoms. The number of rotatable bonds is 17. The van der Waals surface area contributed by atoms with Gasteiger partial charge >= 0.3 is 0 Å². The van der Waals surface area contributed by atoms with Crippen molar-refractivity contribution in [2.45, 2.75) is 131 Å². The second-order valence-corrected chi connectivity index (χ2v) is 7.86. The average Bonchev–Trinajstić information content (AvgIpc) is 2.62. The van der Waals surface area contributed by atoms with Crippen LogP contribution >= 0.6 is 0 Å². The Morgan fingerprint density at radius 2 is 1.46 bits per heavy atom. The van der Waals surface area contributed by atoms with Gasteiger partial charge in [-0.3, -0.25) is 4.79 Å². The Kier molecular flexibility index (Phi) is 17.1. The molecular formula is C24H47NO. The molecule has 1 unspecified atom stereocenters. The Hall–Kier alpha value is -0.790. The van der Waals surface area contributed by atoms with Gasteiger partial charge in [0.25, 0.3) is 0 Å². The normalized spacial score (nSPS) is 13.0. The minimum Gasteiger partial charge on any atom is -0.340 e. The van der Waals surface area contributed by atoms with E-state index in [9.17, 15) is 4.79 Å². The molecule has 0 saturated heterocycles. The molecule has 1 atom stereocenters. The molecule has 0 saturated carbocycles. The maximum atomic E-state index is 12.0. The first-order chi connectivity index (χ1) is 12.6. The first-order valence-electron chi connectivity index (χ1n) is 11.6. The molecule has 0 rings (SSSR count). The quantitative estimate of drug-likeness (QED) is 0.191. The molecule has 0 N–H and O–H groups in total. The van der Waals surface area contributed by atoms with Crippen LogP contribution in [0.4, 0.5) is 0 Å². The molecular weight excluding hydrogens is 318 g/mol. The Balaban J connectivity index is 4.60. The van der Waals surface area contributed by atoms with Gasteiger partial charge in [0.2, 0.25) is 5.91 Å². The van der Waals surface area contributed by atoms with Gasteiger partial charge in [-0.25, -0.2) is 0 Å². The molecule has 0 aromatic heterocycles. The van der Waals surface area contributed by atoms with Gasteiger partial charge in [0.05, 0.1) is 0 Å². The first-order valence-corrected chi connectivity index (χ1v) is 11.6. The van der Waals surface area contributed by atoms with E-state index in [1.165, 1.54) is 64.2 Å². The fourth-order valence-electron chi connectivity index (χ4n) is 3.82. The standard InChI is InChI=1S/C24H47NO/c1-6-10-12-14-18-23(17-13-11-7-2)19-15-20-24(16-8-3)25(21-9-4)22(5)26/h18,24H,6-17,19-21H2,1-5H3/b23-18+. The van der Waals surface area contributed by atoms with E-state index in [0.717, 1.165) is 32.2 Å². The zero-order valence-corrected chi connectivity index (χ0v) is 18.6. The summed E-state index contributed by atoms with van der Waals surface area (Å²) in [5.41, 5.74) is 1.68. The smallest absolute Gasteiger partial charge is 0.219 e. The van der Waals surface area contributed by atoms with Crippen LogP contribution in [-0.2, 0) is 4.79 Å². The third kappa shape index (κ3) is 12.5. The van der Waals surface area contributed by atoms with Crippen LogP contribution in [0.25, 0.3) is 0 Å². The summed E-state index contributed by atoms with van der Waals surface area (Å²) in [6, 6.07) is 0.439. The average molecular weight is 366 g/mol. The second kappa shape index (κ2) is 17.6. The van der Waals surface area contributed by atoms with Crippen molar-refractivity contribution in [2.75, 3.05) is 6.54 Å². The predicted octanol–water partition coefficient (Wildman–Crippen LogP) is 7.67. The number of amides is 1. The highest BCUT2D eigenvalue weighted by Crippen LogP contribution is 2.21. The molecule has 154 valence electrons. The number of hydrogen-bond acceptors (Lipinski definition) is 1. The number of hydrogen-bond donors (Lipinski definition) is 0. The van der Waals surface area contributed by atoms with Gasteiger partial charge in [0.1, 0.15) is 0 Å². The van der Waals surface area contributed by atoms with Crippen molar-refractivity contribution in [3.05, 3.63) is 11.6 Å². The van der Waals surface area contributed by atoms with Crippen molar-refractivity contribution in [3.63, 3.8) is 0 Å². The molecule has 0 radical (unpaired) electrons. The Morgan fingerprint density at radius 1 is 0.808 bits per heavy atom. The zero-order valence-electron chi connectivity index (χ0n) is 18.6. The van der Waals surface area contributed by atoms with Crippen LogP contribution in [0.2, 0.25) is 0 Å². The fourth-order valence-corrected chi connectivity index (χ4v) is 3.82. The second-order valence-electron chi connectivity index (χ2n) is 7.86. The van der Waals surface area contributed by atoms with E-state index in [-0.39, 0.29) is 5.91 Å². The van der Waals surface area contributed by atoms with Gasteiger partial charge in [-0.2, -0.15) is 0 Å². The molecule has 0 aliphatic rings. The van der Waals surface area contributed by atoms with Crippen LogP contribution in [-0.4, -0.2) is 23.4 Å². The van der Waals surface area contributed by atoms with Crippen LogP contribution in [0.15, 0.2) is 11.6 Å². The lowest BCUT2D eigenvalue weighted by atomic mass is 9.96. The topological polar surface area (TPSA) is 20.3 Å². The monoisotopic (exact) mass is 365 g/mol. The van der Waals surface area contributed by atoms with Gasteiger partial charge in [0, 0.05) is 19.5 Å². The lowest BCUT2D eigenvalue weighted by Crippen LogP contribution is -2.39. The number of carbonyl (C=O) groups is 1. The highest BCUT2D eigenvalue weighted by atomic mass is 16.2. The number of carbonyl (C=O) groups excluding carboxylic acids is 1. The van der Waals surface area contributed by atoms with Crippen LogP contribution in [0.3, 0.4) is 0 Å². The molecule has 26 heavy (non-hydrogen) atoms. The van der Waals surface area contributed by atoms with E-state index in [2.05, 4.69) is 38.7 Å². The summed E-state index contributed by atoms with van der Waals surface area (Å²) in [5.74, 6) is 0.253. The Morgan fingerprint density at radius 3 is 2.04 bits per heavy atom. The minimum absolute atomic E-state index is 0.253. The van der Waals surface area contributed by atoms with E-state index in [0.29, 0.717) is 6.04 Å². The molecule has 0 heterocycles. The summed E-state index contributed by atoms with van der Waals surface area (Å²) >= 11 is 0. The van der Waals surface area contributed by atoms with Crippen molar-refractivity contribution in [3.8, 4) is 0 Å². The largest absolute Gasteiger partial charge is 0.340 e. The van der Waals surface area contributed by atoms with Crippen molar-refractivity contribution in [2.24, 2.45) is 0 Å². The highest BCUT2D eigenvalue weighted by molar-refractivity contribution is 5.73. The van der Waals surface area contributed by atoms with Gasteiger partial charge in [-0.1, -0.05) is 71.4 Å². The summed E-state index contributed by atoms with van der Waals surface area (Å²) < 4.78 is 0. The van der Waals surface area contributed by atoms with E-state index < -0.39 is 0 Å². The number of unbranched alkanes of at least 4 members (excludes halogenated alkanes) is 5. The number of allylic oxidation sites excluding steroid dienone is 2. The summed E-state index contributed by atoms with van der Waals surface area (Å²) in [6.45, 7) is 11.6. The van der Waals surface area contributed by atoms with Crippen LogP contribution in [0, 0.1) is 0 Å². The van der Waals surface area contributed by atoms with Gasteiger partial charge in [-0.05, 0) is 57.8 Å². The molecule has 0 aromatic carbocycles. The Labute approximate surface area is 164 Å². The molecule has 0 fully saturated rings. The molecule has 2 nitrogen and oxygen atoms in total. The SMILES string of the molecule is CCCCC/C=C(\CCCCC)CCCC(CCC)N(CCC)C(C)=O. The third-order valence-corrected chi connectivity index (χ3v) is 5.31. The number of nitrogens with zero attached hydrogens (tertiary/aromatic N) is 1. The minimum atomic E-state index is 0.253. The van der Waals surface area contributed by atoms with E-state index in [1.807, 2.05) is 0 Å². The van der Waals surface area contributed by atoms with Crippen molar-refractivity contribution >= 4 is 5.91 Å². The molecule has 0 bridgehead atoms. The predicted molar refractivity (Wildman–Crippen MR) is 117 cm³/mol. The molecule has 0 aliphatic heterocycles. The first kappa shape index (κ1) is 25.2. The molecule has 0 aliphatic carbocycles.